The first kappa shape index (κ1) is 11.1. The fraction of sp³-hybridized carbons (Fsp3) is 0. The van der Waals surface area contributed by atoms with Crippen LogP contribution in [-0.2, 0) is 0 Å². The van der Waals surface area contributed by atoms with Gasteiger partial charge in [-0.1, -0.05) is 30.3 Å². The zero-order valence-corrected chi connectivity index (χ0v) is 10.7. The van der Waals surface area contributed by atoms with E-state index < -0.39 is 0 Å². The minimum Gasteiger partial charge on any atom is -0.507 e. The molecule has 0 radical (unpaired) electrons. The van der Waals surface area contributed by atoms with E-state index in [2.05, 4.69) is 28.7 Å². The van der Waals surface area contributed by atoms with Crippen LogP contribution in [0.4, 0.5) is 0 Å². The van der Waals surface area contributed by atoms with E-state index >= 15 is 0 Å². The third-order valence-electron chi connectivity index (χ3n) is 3.65. The van der Waals surface area contributed by atoms with E-state index in [0.717, 1.165) is 32.5 Å². The molecule has 0 amide bonds. The summed E-state index contributed by atoms with van der Waals surface area (Å²) in [5.41, 5.74) is 4.50. The monoisotopic (exact) mass is 260 g/mol. The molecule has 20 heavy (non-hydrogen) atoms. The molecule has 1 aliphatic carbocycles. The molecule has 0 saturated carbocycles. The number of hydrogen-bond donors (Lipinski definition) is 2. The van der Waals surface area contributed by atoms with E-state index in [1.807, 2.05) is 36.4 Å². The predicted octanol–water partition coefficient (Wildman–Crippen LogP) is 1.70. The maximum absolute atomic E-state index is 10.6. The van der Waals surface area contributed by atoms with Gasteiger partial charge in [0.25, 0.3) is 0 Å². The number of aliphatic hydroxyl groups is 1. The molecule has 4 rings (SSSR count). The normalized spacial score (nSPS) is 16.3. The van der Waals surface area contributed by atoms with Crippen molar-refractivity contribution in [3.8, 4) is 0 Å². The van der Waals surface area contributed by atoms with E-state index in [-0.39, 0.29) is 5.76 Å². The lowest BCUT2D eigenvalue weighted by Gasteiger charge is -2.12. The van der Waals surface area contributed by atoms with Gasteiger partial charge in [0, 0.05) is 17.0 Å². The quantitative estimate of drug-likeness (QED) is 0.757. The number of nitrogens with zero attached hydrogens (tertiary/aromatic N) is 1. The third-order valence-corrected chi connectivity index (χ3v) is 3.65. The Bertz CT molecular complexity index is 933. The molecule has 0 saturated heterocycles. The molecule has 2 aromatic carbocycles. The zero-order valence-electron chi connectivity index (χ0n) is 10.7. The molecule has 2 N–H and O–H groups in total. The van der Waals surface area contributed by atoms with Crippen LogP contribution in [0.3, 0.4) is 0 Å². The Morgan fingerprint density at radius 2 is 1.75 bits per heavy atom. The summed E-state index contributed by atoms with van der Waals surface area (Å²) in [5, 5.41) is 18.7. The molecule has 0 spiro atoms. The van der Waals surface area contributed by atoms with Crippen LogP contribution in [0.5, 0.6) is 0 Å². The molecule has 0 unspecified atom stereocenters. The highest BCUT2D eigenvalue weighted by atomic mass is 16.3. The van der Waals surface area contributed by atoms with Crippen molar-refractivity contribution in [3.05, 3.63) is 70.3 Å². The molecule has 0 aromatic heterocycles. The fourth-order valence-electron chi connectivity index (χ4n) is 2.62. The van der Waals surface area contributed by atoms with Gasteiger partial charge in [0.05, 0.1) is 5.70 Å². The van der Waals surface area contributed by atoms with Crippen molar-refractivity contribution in [3.63, 3.8) is 0 Å². The average Bonchev–Trinajstić information content (AvgIpc) is 2.64. The minimum absolute atomic E-state index is 0.282. The lowest BCUT2D eigenvalue weighted by molar-refractivity contribution is 0.504. The van der Waals surface area contributed by atoms with Gasteiger partial charge in [-0.25, -0.2) is 0 Å². The second kappa shape index (κ2) is 4.10. The van der Waals surface area contributed by atoms with Crippen LogP contribution in [0.1, 0.15) is 0 Å². The SMILES string of the molecule is OC1=c2cc3ccccc3cc2=CC=C2NN=CC=C21. The van der Waals surface area contributed by atoms with Crippen LogP contribution in [-0.4, -0.2) is 11.3 Å². The highest BCUT2D eigenvalue weighted by Gasteiger charge is 2.14. The number of aliphatic hydroxyl groups excluding tert-OH is 1. The Hall–Kier alpha value is -2.81. The van der Waals surface area contributed by atoms with Gasteiger partial charge in [-0.15, -0.1) is 0 Å². The maximum Gasteiger partial charge on any atom is 0.132 e. The second-order valence-corrected chi connectivity index (χ2v) is 4.85. The van der Waals surface area contributed by atoms with E-state index in [9.17, 15) is 5.11 Å². The summed E-state index contributed by atoms with van der Waals surface area (Å²) in [5.74, 6) is 0.282. The molecule has 3 heteroatoms. The summed E-state index contributed by atoms with van der Waals surface area (Å²) in [6, 6.07) is 12.3. The molecule has 1 heterocycles. The van der Waals surface area contributed by atoms with Gasteiger partial charge in [0.1, 0.15) is 5.76 Å². The highest BCUT2D eigenvalue weighted by Crippen LogP contribution is 2.19. The second-order valence-electron chi connectivity index (χ2n) is 4.85. The number of benzene rings is 2. The van der Waals surface area contributed by atoms with Gasteiger partial charge in [0.15, 0.2) is 0 Å². The maximum atomic E-state index is 10.6. The van der Waals surface area contributed by atoms with Crippen LogP contribution in [0.15, 0.2) is 64.9 Å². The smallest absolute Gasteiger partial charge is 0.132 e. The van der Waals surface area contributed by atoms with Gasteiger partial charge in [-0.2, -0.15) is 5.10 Å². The summed E-state index contributed by atoms with van der Waals surface area (Å²) in [4.78, 5) is 0. The zero-order chi connectivity index (χ0) is 13.5. The van der Waals surface area contributed by atoms with Crippen molar-refractivity contribution in [1.82, 2.24) is 5.43 Å². The first-order valence-electron chi connectivity index (χ1n) is 6.47. The summed E-state index contributed by atoms with van der Waals surface area (Å²) >= 11 is 0. The topological polar surface area (TPSA) is 44.6 Å². The van der Waals surface area contributed by atoms with E-state index in [1.54, 1.807) is 6.21 Å². The van der Waals surface area contributed by atoms with Crippen LogP contribution in [0.25, 0.3) is 22.6 Å². The van der Waals surface area contributed by atoms with Crippen molar-refractivity contribution in [1.29, 1.82) is 0 Å². The lowest BCUT2D eigenvalue weighted by atomic mass is 10.0. The number of hydrogen-bond acceptors (Lipinski definition) is 3. The molecule has 1 aliphatic heterocycles. The van der Waals surface area contributed by atoms with Crippen molar-refractivity contribution in [2.24, 2.45) is 5.10 Å². The fourth-order valence-corrected chi connectivity index (χ4v) is 2.62. The van der Waals surface area contributed by atoms with Crippen LogP contribution in [0, 0.1) is 0 Å². The van der Waals surface area contributed by atoms with Gasteiger partial charge >= 0.3 is 0 Å². The van der Waals surface area contributed by atoms with Crippen LogP contribution in [0.2, 0.25) is 0 Å². The Balaban J connectivity index is 2.16. The Labute approximate surface area is 115 Å². The summed E-state index contributed by atoms with van der Waals surface area (Å²) in [6.07, 6.45) is 7.41. The highest BCUT2D eigenvalue weighted by molar-refractivity contribution is 5.87. The van der Waals surface area contributed by atoms with E-state index in [4.69, 9.17) is 0 Å². The first-order valence-corrected chi connectivity index (χ1v) is 6.47. The van der Waals surface area contributed by atoms with Gasteiger partial charge in [-0.05, 0) is 40.3 Å². The van der Waals surface area contributed by atoms with Gasteiger partial charge in [-0.3, -0.25) is 5.43 Å². The van der Waals surface area contributed by atoms with Crippen molar-refractivity contribution in [2.45, 2.75) is 0 Å². The Morgan fingerprint density at radius 1 is 0.950 bits per heavy atom. The van der Waals surface area contributed by atoms with Gasteiger partial charge < -0.3 is 5.11 Å². The molecule has 2 aromatic rings. The summed E-state index contributed by atoms with van der Waals surface area (Å²) in [6.45, 7) is 0. The van der Waals surface area contributed by atoms with Crippen molar-refractivity contribution in [2.75, 3.05) is 0 Å². The van der Waals surface area contributed by atoms with Crippen molar-refractivity contribution >= 4 is 28.8 Å². The number of allylic oxidation sites excluding steroid dienone is 2. The standard InChI is InChI=1S/C17H12N2O/c20-17-14-7-8-18-19-16(14)6-5-13-9-11-3-1-2-4-12(11)10-15(13)17/h1-10,19-20H. The molecule has 0 atom stereocenters. The minimum atomic E-state index is 0.282. The predicted molar refractivity (Wildman–Crippen MR) is 81.5 cm³/mol. The third kappa shape index (κ3) is 1.57. The molecular formula is C17H12N2O. The molecule has 96 valence electrons. The van der Waals surface area contributed by atoms with Crippen LogP contribution >= 0.6 is 0 Å². The molecule has 0 bridgehead atoms. The van der Waals surface area contributed by atoms with Crippen LogP contribution < -0.4 is 15.9 Å². The van der Waals surface area contributed by atoms with E-state index in [1.165, 1.54) is 0 Å². The molecular weight excluding hydrogens is 248 g/mol. The van der Waals surface area contributed by atoms with E-state index in [0.29, 0.717) is 0 Å². The summed E-state index contributed by atoms with van der Waals surface area (Å²) in [7, 11) is 0. The first-order chi connectivity index (χ1) is 9.83. The largest absolute Gasteiger partial charge is 0.507 e. The molecule has 2 aliphatic rings. The number of fused-ring (bicyclic) bond motifs is 3. The number of rotatable bonds is 0. The number of hydrazone groups is 1. The average molecular weight is 260 g/mol. The summed E-state index contributed by atoms with van der Waals surface area (Å²) < 4.78 is 0. The molecule has 0 fully saturated rings. The molecule has 3 nitrogen and oxygen atoms in total. The van der Waals surface area contributed by atoms with Gasteiger partial charge in [0.2, 0.25) is 0 Å². The Morgan fingerprint density at radius 3 is 2.60 bits per heavy atom. The lowest BCUT2D eigenvalue weighted by Crippen LogP contribution is -2.27. The van der Waals surface area contributed by atoms with Crippen molar-refractivity contribution < 1.29 is 5.11 Å². The number of nitrogens with one attached hydrogen (secondary N) is 1. The Kier molecular flexibility index (Phi) is 2.27.